The molecule has 1 aliphatic heterocycles. The van der Waals surface area contributed by atoms with Gasteiger partial charge in [-0.15, -0.1) is 11.8 Å². The van der Waals surface area contributed by atoms with Crippen molar-refractivity contribution in [2.75, 3.05) is 31.8 Å². The summed E-state index contributed by atoms with van der Waals surface area (Å²) in [4.78, 5) is 14.6. The quantitative estimate of drug-likeness (QED) is 0.772. The van der Waals surface area contributed by atoms with E-state index in [0.29, 0.717) is 6.54 Å². The number of carbonyl (C=O) groups excluding carboxylic acids is 1. The highest BCUT2D eigenvalue weighted by atomic mass is 79.9. The van der Waals surface area contributed by atoms with Gasteiger partial charge in [-0.25, -0.2) is 4.79 Å². The zero-order chi connectivity index (χ0) is 17.8. The predicted molar refractivity (Wildman–Crippen MR) is 105 cm³/mol. The molecule has 7 heteroatoms. The van der Waals surface area contributed by atoms with Gasteiger partial charge in [0.25, 0.3) is 0 Å². The number of thioether (sulfide) groups is 1. The fraction of sp³-hybridized carbons (Fsp3) is 0.278. The van der Waals surface area contributed by atoms with Crippen LogP contribution in [0.5, 0.6) is 11.5 Å². The molecule has 0 bridgehead atoms. The number of methoxy groups -OCH3 is 2. The largest absolute Gasteiger partial charge is 0.497 e. The molecule has 0 aliphatic carbocycles. The second kappa shape index (κ2) is 8.01. The van der Waals surface area contributed by atoms with E-state index in [1.807, 2.05) is 47.4 Å². The molecule has 0 spiro atoms. The molecule has 132 valence electrons. The van der Waals surface area contributed by atoms with Gasteiger partial charge in [0.15, 0.2) is 0 Å². The van der Waals surface area contributed by atoms with Crippen LogP contribution in [0.2, 0.25) is 0 Å². The van der Waals surface area contributed by atoms with E-state index in [1.54, 1.807) is 26.0 Å². The fourth-order valence-corrected chi connectivity index (χ4v) is 4.35. The lowest BCUT2D eigenvalue weighted by molar-refractivity contribution is 0.213. The number of nitrogens with zero attached hydrogens (tertiary/aromatic N) is 1. The van der Waals surface area contributed by atoms with Crippen molar-refractivity contribution in [1.82, 2.24) is 4.90 Å². The zero-order valence-electron chi connectivity index (χ0n) is 14.0. The molecule has 0 radical (unpaired) electrons. The molecule has 25 heavy (non-hydrogen) atoms. The summed E-state index contributed by atoms with van der Waals surface area (Å²) >= 11 is 5.23. The molecule has 2 amide bonds. The first kappa shape index (κ1) is 17.9. The Balaban J connectivity index is 1.78. The Morgan fingerprint density at radius 2 is 1.96 bits per heavy atom. The lowest BCUT2D eigenvalue weighted by atomic mass is 10.2. The van der Waals surface area contributed by atoms with Crippen LogP contribution < -0.4 is 14.8 Å². The van der Waals surface area contributed by atoms with Crippen molar-refractivity contribution in [2.45, 2.75) is 5.37 Å². The van der Waals surface area contributed by atoms with Crippen molar-refractivity contribution in [2.24, 2.45) is 0 Å². The van der Waals surface area contributed by atoms with Gasteiger partial charge in [-0.1, -0.05) is 15.9 Å². The molecule has 5 nitrogen and oxygen atoms in total. The predicted octanol–water partition coefficient (Wildman–Crippen LogP) is 4.75. The van der Waals surface area contributed by atoms with Crippen LogP contribution in [0.15, 0.2) is 46.9 Å². The third kappa shape index (κ3) is 4.04. The fourth-order valence-electron chi connectivity index (χ4n) is 2.70. The van der Waals surface area contributed by atoms with Gasteiger partial charge in [0, 0.05) is 28.0 Å². The first-order valence-corrected chi connectivity index (χ1v) is 9.63. The Hall–Kier alpha value is -1.86. The Morgan fingerprint density at radius 1 is 1.20 bits per heavy atom. The Bertz CT molecular complexity index is 754. The lowest BCUT2D eigenvalue weighted by Gasteiger charge is -2.26. The molecule has 1 atom stereocenters. The van der Waals surface area contributed by atoms with E-state index in [1.165, 1.54) is 0 Å². The summed E-state index contributed by atoms with van der Waals surface area (Å²) in [5, 5.41) is 2.87. The summed E-state index contributed by atoms with van der Waals surface area (Å²) in [6.45, 7) is 0.687. The number of nitrogens with one attached hydrogen (secondary N) is 1. The molecule has 1 heterocycles. The van der Waals surface area contributed by atoms with Gasteiger partial charge in [0.2, 0.25) is 0 Å². The molecular weight excluding hydrogens is 404 g/mol. The van der Waals surface area contributed by atoms with Crippen molar-refractivity contribution < 1.29 is 14.3 Å². The molecule has 0 unspecified atom stereocenters. The summed E-state index contributed by atoms with van der Waals surface area (Å²) in [6, 6.07) is 13.0. The number of benzene rings is 2. The molecular formula is C18H19BrN2O3S. The molecule has 2 aromatic rings. The van der Waals surface area contributed by atoms with Gasteiger partial charge >= 0.3 is 6.03 Å². The number of ether oxygens (including phenoxy) is 2. The number of rotatable bonds is 4. The van der Waals surface area contributed by atoms with Crippen LogP contribution in [0.4, 0.5) is 10.5 Å². The van der Waals surface area contributed by atoms with Crippen LogP contribution in [0.3, 0.4) is 0 Å². The average Bonchev–Trinajstić information content (AvgIpc) is 3.12. The Kier molecular flexibility index (Phi) is 5.75. The highest BCUT2D eigenvalue weighted by molar-refractivity contribution is 9.10. The van der Waals surface area contributed by atoms with Gasteiger partial charge in [-0.2, -0.15) is 0 Å². The van der Waals surface area contributed by atoms with Crippen LogP contribution in [0.1, 0.15) is 10.9 Å². The maximum Gasteiger partial charge on any atom is 0.323 e. The van der Waals surface area contributed by atoms with Gasteiger partial charge in [-0.05, 0) is 42.5 Å². The maximum atomic E-state index is 12.8. The third-order valence-corrected chi connectivity index (χ3v) is 5.69. The lowest BCUT2D eigenvalue weighted by Crippen LogP contribution is -2.34. The number of halogens is 1. The molecule has 0 saturated carbocycles. The van der Waals surface area contributed by atoms with Crippen molar-refractivity contribution in [3.05, 3.63) is 52.5 Å². The summed E-state index contributed by atoms with van der Waals surface area (Å²) in [5.41, 5.74) is 1.73. The van der Waals surface area contributed by atoms with E-state index < -0.39 is 0 Å². The standard InChI is InChI=1S/C18H19BrN2O3S/c1-23-14-6-4-13(5-7-14)20-18(22)21-9-10-25-17(21)15-11-12(19)3-8-16(15)24-2/h3-8,11,17H,9-10H2,1-2H3,(H,20,22)/t17-/m0/s1. The SMILES string of the molecule is COc1ccc(NC(=O)N2CCS[C@H]2c2cc(Br)ccc2OC)cc1. The van der Waals surface area contributed by atoms with Gasteiger partial charge in [-0.3, -0.25) is 0 Å². The number of amides is 2. The number of hydrogen-bond acceptors (Lipinski definition) is 4. The van der Waals surface area contributed by atoms with Crippen molar-refractivity contribution in [3.8, 4) is 11.5 Å². The third-order valence-electron chi connectivity index (χ3n) is 3.95. The number of hydrogen-bond donors (Lipinski definition) is 1. The van der Waals surface area contributed by atoms with E-state index in [-0.39, 0.29) is 11.4 Å². The highest BCUT2D eigenvalue weighted by Gasteiger charge is 2.32. The zero-order valence-corrected chi connectivity index (χ0v) is 16.4. The summed E-state index contributed by atoms with van der Waals surface area (Å²) in [5.74, 6) is 2.42. The normalized spacial score (nSPS) is 16.6. The molecule has 1 saturated heterocycles. The summed E-state index contributed by atoms with van der Waals surface area (Å²) in [6.07, 6.45) is 0. The van der Waals surface area contributed by atoms with Crippen LogP contribution in [0.25, 0.3) is 0 Å². The minimum absolute atomic E-state index is 0.0781. The highest BCUT2D eigenvalue weighted by Crippen LogP contribution is 2.43. The second-order valence-corrected chi connectivity index (χ2v) is 7.57. The molecule has 1 fully saturated rings. The van der Waals surface area contributed by atoms with Crippen LogP contribution >= 0.6 is 27.7 Å². The Morgan fingerprint density at radius 3 is 2.64 bits per heavy atom. The maximum absolute atomic E-state index is 12.8. The minimum Gasteiger partial charge on any atom is -0.497 e. The number of carbonyl (C=O) groups is 1. The van der Waals surface area contributed by atoms with E-state index >= 15 is 0 Å². The smallest absolute Gasteiger partial charge is 0.323 e. The van der Waals surface area contributed by atoms with E-state index in [4.69, 9.17) is 9.47 Å². The first-order chi connectivity index (χ1) is 12.1. The topological polar surface area (TPSA) is 50.8 Å². The first-order valence-electron chi connectivity index (χ1n) is 7.79. The van der Waals surface area contributed by atoms with E-state index in [2.05, 4.69) is 21.2 Å². The second-order valence-electron chi connectivity index (χ2n) is 5.46. The molecule has 1 N–H and O–H groups in total. The van der Waals surface area contributed by atoms with Crippen LogP contribution in [0, 0.1) is 0 Å². The van der Waals surface area contributed by atoms with Crippen molar-refractivity contribution >= 4 is 39.4 Å². The van der Waals surface area contributed by atoms with Gasteiger partial charge in [0.05, 0.1) is 14.2 Å². The van der Waals surface area contributed by atoms with Crippen molar-refractivity contribution in [1.29, 1.82) is 0 Å². The molecule has 1 aliphatic rings. The van der Waals surface area contributed by atoms with Crippen molar-refractivity contribution in [3.63, 3.8) is 0 Å². The molecule has 3 rings (SSSR count). The van der Waals surface area contributed by atoms with Crippen LogP contribution in [-0.4, -0.2) is 37.4 Å². The average molecular weight is 423 g/mol. The van der Waals surface area contributed by atoms with E-state index in [9.17, 15) is 4.79 Å². The summed E-state index contributed by atoms with van der Waals surface area (Å²) < 4.78 is 11.6. The Labute approximate surface area is 159 Å². The summed E-state index contributed by atoms with van der Waals surface area (Å²) in [7, 11) is 3.26. The number of anilines is 1. The number of urea groups is 1. The van der Waals surface area contributed by atoms with Crippen LogP contribution in [-0.2, 0) is 0 Å². The van der Waals surface area contributed by atoms with Gasteiger partial charge in [0.1, 0.15) is 16.9 Å². The van der Waals surface area contributed by atoms with E-state index in [0.717, 1.165) is 33.0 Å². The minimum atomic E-state index is -0.123. The molecule has 0 aromatic heterocycles. The monoisotopic (exact) mass is 422 g/mol. The molecule has 2 aromatic carbocycles. The van der Waals surface area contributed by atoms with Gasteiger partial charge < -0.3 is 19.7 Å².